The third-order valence-electron chi connectivity index (χ3n) is 8.27. The molecule has 4 aromatic carbocycles. The summed E-state index contributed by atoms with van der Waals surface area (Å²) in [5.74, 6) is 0. The Kier molecular flexibility index (Phi) is 12.0. The summed E-state index contributed by atoms with van der Waals surface area (Å²) >= 11 is 0. The first-order valence-electron chi connectivity index (χ1n) is 15.7. The molecule has 0 amide bonds. The molecule has 0 radical (unpaired) electrons. The molecule has 0 aliphatic rings. The van der Waals surface area contributed by atoms with Gasteiger partial charge in [-0.2, -0.15) is 21.0 Å². The summed E-state index contributed by atoms with van der Waals surface area (Å²) in [6.45, 7) is 5.96. The van der Waals surface area contributed by atoms with Crippen LogP contribution in [0.4, 0.5) is 22.7 Å². The zero-order valence-electron chi connectivity index (χ0n) is 26.9. The molecule has 0 fully saturated rings. The lowest BCUT2D eigenvalue weighted by atomic mass is 9.76. The summed E-state index contributed by atoms with van der Waals surface area (Å²) in [6, 6.07) is 38.2. The van der Waals surface area contributed by atoms with Gasteiger partial charge in [0, 0.05) is 48.9 Å². The summed E-state index contributed by atoms with van der Waals surface area (Å²) in [7, 11) is 0. The van der Waals surface area contributed by atoms with E-state index in [1.165, 1.54) is 0 Å². The van der Waals surface area contributed by atoms with Gasteiger partial charge < -0.3 is 20.2 Å². The van der Waals surface area contributed by atoms with Crippen LogP contribution in [-0.2, 0) is 5.60 Å². The molecule has 4 aromatic rings. The standard InChI is InChI=1S/C39H39N7O/c1-30-28-35(45(24-6-20-40)25-7-21-41)16-18-37(30)39(47,32-12-14-34(15-13-32)44-33-10-4-3-5-11-33)38-19-17-36(29-31(38)2)46(26-8-22-42)27-9-23-43/h3-5,10-19,28-29,44,47H,6-9,24-27H2,1-2H3. The van der Waals surface area contributed by atoms with E-state index in [2.05, 4.69) is 29.6 Å². The fraction of sp³-hybridized carbons (Fsp3) is 0.282. The minimum atomic E-state index is -1.52. The molecule has 8 heteroatoms. The normalized spacial score (nSPS) is 10.6. The lowest BCUT2D eigenvalue weighted by Crippen LogP contribution is -2.32. The average molecular weight is 622 g/mol. The Labute approximate surface area is 278 Å². The Morgan fingerprint density at radius 2 is 0.979 bits per heavy atom. The van der Waals surface area contributed by atoms with Crippen molar-refractivity contribution >= 4 is 22.7 Å². The highest BCUT2D eigenvalue weighted by molar-refractivity contribution is 5.64. The quantitative estimate of drug-likeness (QED) is 0.130. The predicted octanol–water partition coefficient (Wildman–Crippen LogP) is 7.60. The van der Waals surface area contributed by atoms with Crippen molar-refractivity contribution in [2.24, 2.45) is 0 Å². The van der Waals surface area contributed by atoms with Gasteiger partial charge in [-0.1, -0.05) is 42.5 Å². The van der Waals surface area contributed by atoms with Crippen molar-refractivity contribution in [3.63, 3.8) is 0 Å². The van der Waals surface area contributed by atoms with Gasteiger partial charge in [0.25, 0.3) is 0 Å². The molecule has 0 heterocycles. The number of aliphatic hydroxyl groups is 1. The maximum absolute atomic E-state index is 13.0. The first kappa shape index (κ1) is 34.1. The molecule has 8 nitrogen and oxygen atoms in total. The average Bonchev–Trinajstić information content (AvgIpc) is 3.09. The van der Waals surface area contributed by atoms with Crippen LogP contribution in [0.15, 0.2) is 91.0 Å². The van der Waals surface area contributed by atoms with Crippen LogP contribution in [0.25, 0.3) is 0 Å². The predicted molar refractivity (Wildman–Crippen MR) is 186 cm³/mol. The molecule has 236 valence electrons. The molecule has 0 saturated heterocycles. The summed E-state index contributed by atoms with van der Waals surface area (Å²) in [4.78, 5) is 4.06. The molecule has 0 spiro atoms. The van der Waals surface area contributed by atoms with Crippen LogP contribution in [-0.4, -0.2) is 31.3 Å². The molecule has 0 aliphatic carbocycles. The second-order valence-corrected chi connectivity index (χ2v) is 11.4. The van der Waals surface area contributed by atoms with Crippen LogP contribution in [0.5, 0.6) is 0 Å². The van der Waals surface area contributed by atoms with Crippen LogP contribution in [0.2, 0.25) is 0 Å². The third-order valence-corrected chi connectivity index (χ3v) is 8.27. The number of hydrogen-bond donors (Lipinski definition) is 2. The second-order valence-electron chi connectivity index (χ2n) is 11.4. The second kappa shape index (κ2) is 16.5. The van der Waals surface area contributed by atoms with Crippen molar-refractivity contribution in [2.75, 3.05) is 41.3 Å². The molecule has 2 N–H and O–H groups in total. The van der Waals surface area contributed by atoms with E-state index in [0.29, 0.717) is 68.6 Å². The summed E-state index contributed by atoms with van der Waals surface area (Å²) in [6.07, 6.45) is 1.35. The largest absolute Gasteiger partial charge is 0.376 e. The van der Waals surface area contributed by atoms with E-state index in [-0.39, 0.29) is 0 Å². The SMILES string of the molecule is Cc1cc(N(CCC#N)CCC#N)ccc1C(O)(c1ccc(Nc2ccccc2)cc1)c1ccc(N(CCC#N)CCC#N)cc1C. The van der Waals surface area contributed by atoms with Gasteiger partial charge in [-0.3, -0.25) is 0 Å². The van der Waals surface area contributed by atoms with Crippen LogP contribution in [0, 0.1) is 59.2 Å². The maximum Gasteiger partial charge on any atom is 0.141 e. The summed E-state index contributed by atoms with van der Waals surface area (Å²) in [5.41, 5.74) is 5.95. The molecule has 47 heavy (non-hydrogen) atoms. The topological polar surface area (TPSA) is 134 Å². The van der Waals surface area contributed by atoms with Crippen molar-refractivity contribution in [3.05, 3.63) is 119 Å². The minimum absolute atomic E-state index is 0.338. The van der Waals surface area contributed by atoms with Crippen molar-refractivity contribution < 1.29 is 5.11 Å². The van der Waals surface area contributed by atoms with Gasteiger partial charge in [0.1, 0.15) is 5.60 Å². The fourth-order valence-corrected chi connectivity index (χ4v) is 5.92. The number of rotatable bonds is 15. The zero-order valence-corrected chi connectivity index (χ0v) is 26.9. The number of aryl methyl sites for hydroxylation is 2. The highest BCUT2D eigenvalue weighted by atomic mass is 16.3. The molecule has 0 aromatic heterocycles. The number of benzene rings is 4. The molecule has 0 bridgehead atoms. The Morgan fingerprint density at radius 3 is 1.36 bits per heavy atom. The first-order valence-corrected chi connectivity index (χ1v) is 15.7. The molecule has 0 saturated carbocycles. The molecular weight excluding hydrogens is 582 g/mol. The van der Waals surface area contributed by atoms with Gasteiger partial charge in [-0.25, -0.2) is 0 Å². The highest BCUT2D eigenvalue weighted by Gasteiger charge is 2.37. The van der Waals surface area contributed by atoms with Crippen LogP contribution in [0.3, 0.4) is 0 Å². The first-order chi connectivity index (χ1) is 22.8. The molecule has 0 aliphatic heterocycles. The molecular formula is C39H39N7O. The van der Waals surface area contributed by atoms with Gasteiger partial charge in [0.15, 0.2) is 0 Å². The van der Waals surface area contributed by atoms with Gasteiger partial charge in [0.2, 0.25) is 0 Å². The summed E-state index contributed by atoms with van der Waals surface area (Å²) < 4.78 is 0. The van der Waals surface area contributed by atoms with Crippen LogP contribution >= 0.6 is 0 Å². The van der Waals surface area contributed by atoms with Crippen molar-refractivity contribution in [1.29, 1.82) is 21.0 Å². The monoisotopic (exact) mass is 621 g/mol. The Balaban J connectivity index is 1.81. The minimum Gasteiger partial charge on any atom is -0.376 e. The summed E-state index contributed by atoms with van der Waals surface area (Å²) in [5, 5.41) is 53.2. The fourth-order valence-electron chi connectivity index (χ4n) is 5.92. The lowest BCUT2D eigenvalue weighted by molar-refractivity contribution is 0.124. The van der Waals surface area contributed by atoms with E-state index in [9.17, 15) is 26.2 Å². The number of nitrogens with one attached hydrogen (secondary N) is 1. The lowest BCUT2D eigenvalue weighted by Gasteiger charge is -2.34. The molecule has 0 unspecified atom stereocenters. The zero-order chi connectivity index (χ0) is 33.6. The Hall–Kier alpha value is -5.80. The van der Waals surface area contributed by atoms with E-state index >= 15 is 0 Å². The van der Waals surface area contributed by atoms with E-state index < -0.39 is 5.60 Å². The van der Waals surface area contributed by atoms with Gasteiger partial charge in [-0.05, 0) is 90.2 Å². The van der Waals surface area contributed by atoms with Gasteiger partial charge in [-0.15, -0.1) is 0 Å². The van der Waals surface area contributed by atoms with E-state index in [1.54, 1.807) is 0 Å². The van der Waals surface area contributed by atoms with E-state index in [4.69, 9.17) is 0 Å². The van der Waals surface area contributed by atoms with Crippen molar-refractivity contribution in [3.8, 4) is 24.3 Å². The van der Waals surface area contributed by atoms with Crippen LogP contribution < -0.4 is 15.1 Å². The maximum atomic E-state index is 13.0. The molecule has 0 atom stereocenters. The number of para-hydroxylation sites is 1. The van der Waals surface area contributed by atoms with E-state index in [1.807, 2.05) is 115 Å². The number of nitrogens with zero attached hydrogens (tertiary/aromatic N) is 6. The third kappa shape index (κ3) is 8.27. The Bertz CT molecular complexity index is 1680. The number of nitriles is 4. The number of hydrogen-bond acceptors (Lipinski definition) is 8. The van der Waals surface area contributed by atoms with Crippen LogP contribution in [0.1, 0.15) is 53.5 Å². The Morgan fingerprint density at radius 1 is 0.574 bits per heavy atom. The molecule has 4 rings (SSSR count). The van der Waals surface area contributed by atoms with Crippen molar-refractivity contribution in [1.82, 2.24) is 0 Å². The van der Waals surface area contributed by atoms with E-state index in [0.717, 1.165) is 33.9 Å². The van der Waals surface area contributed by atoms with Gasteiger partial charge >= 0.3 is 0 Å². The van der Waals surface area contributed by atoms with Crippen molar-refractivity contribution in [2.45, 2.75) is 45.1 Å². The smallest absolute Gasteiger partial charge is 0.141 e. The van der Waals surface area contributed by atoms with Gasteiger partial charge in [0.05, 0.1) is 50.0 Å². The number of anilines is 4. The highest BCUT2D eigenvalue weighted by Crippen LogP contribution is 2.42.